The fraction of sp³-hybridized carbons (Fsp3) is 0.0714. The Hall–Kier alpha value is -1.89. The lowest BCUT2D eigenvalue weighted by Gasteiger charge is -2.19. The molecule has 0 fully saturated rings. The van der Waals surface area contributed by atoms with E-state index in [1.165, 1.54) is 0 Å². The second-order valence-electron chi connectivity index (χ2n) is 3.80. The third-order valence-electron chi connectivity index (χ3n) is 2.86. The molecule has 2 aliphatic rings. The first-order valence-corrected chi connectivity index (χ1v) is 5.08. The summed E-state index contributed by atoms with van der Waals surface area (Å²) in [5, 5.41) is 0. The molecule has 1 aromatic rings. The SMILES string of the molecule is O=C1C2=CC=CCC2=Cc2ccccc21. The monoisotopic (exact) mass is 194 g/mol. The molecule has 0 amide bonds. The fourth-order valence-corrected chi connectivity index (χ4v) is 2.10. The second kappa shape index (κ2) is 3.06. The molecule has 0 unspecified atom stereocenters. The molecular weight excluding hydrogens is 184 g/mol. The van der Waals surface area contributed by atoms with E-state index in [2.05, 4.69) is 12.2 Å². The molecule has 1 aromatic carbocycles. The number of rotatable bonds is 0. The summed E-state index contributed by atoms with van der Waals surface area (Å²) >= 11 is 0. The number of fused-ring (bicyclic) bond motifs is 2. The van der Waals surface area contributed by atoms with Crippen LogP contribution in [0.1, 0.15) is 22.3 Å². The Balaban J connectivity index is 2.26. The minimum Gasteiger partial charge on any atom is -0.289 e. The van der Waals surface area contributed by atoms with Gasteiger partial charge in [0.25, 0.3) is 0 Å². The van der Waals surface area contributed by atoms with Crippen molar-refractivity contribution in [3.05, 3.63) is 64.8 Å². The van der Waals surface area contributed by atoms with Crippen LogP contribution in [0.2, 0.25) is 0 Å². The maximum absolute atomic E-state index is 12.1. The van der Waals surface area contributed by atoms with E-state index in [0.717, 1.165) is 28.7 Å². The lowest BCUT2D eigenvalue weighted by Crippen LogP contribution is -2.13. The Morgan fingerprint density at radius 2 is 2.00 bits per heavy atom. The Morgan fingerprint density at radius 1 is 1.13 bits per heavy atom. The van der Waals surface area contributed by atoms with Gasteiger partial charge in [0.2, 0.25) is 0 Å². The molecule has 2 aliphatic carbocycles. The summed E-state index contributed by atoms with van der Waals surface area (Å²) in [5.41, 5.74) is 3.87. The van der Waals surface area contributed by atoms with E-state index in [9.17, 15) is 4.79 Å². The summed E-state index contributed by atoms with van der Waals surface area (Å²) in [6.45, 7) is 0. The maximum atomic E-state index is 12.1. The van der Waals surface area contributed by atoms with Crippen molar-refractivity contribution in [2.24, 2.45) is 0 Å². The van der Waals surface area contributed by atoms with Gasteiger partial charge in [0, 0.05) is 11.1 Å². The molecular formula is C14H10O. The van der Waals surface area contributed by atoms with Crippen LogP contribution in [0.25, 0.3) is 6.08 Å². The minimum atomic E-state index is 0.160. The molecule has 0 spiro atoms. The number of ketones is 1. The highest BCUT2D eigenvalue weighted by molar-refractivity contribution is 6.16. The van der Waals surface area contributed by atoms with Crippen LogP contribution in [-0.2, 0) is 0 Å². The standard InChI is InChI=1S/C14H10O/c15-14-12-7-3-1-5-10(12)9-11-6-2-4-8-13(11)14/h1-5,7-9H,6H2. The minimum absolute atomic E-state index is 0.160. The van der Waals surface area contributed by atoms with E-state index in [4.69, 9.17) is 0 Å². The Kier molecular flexibility index (Phi) is 1.72. The summed E-state index contributed by atoms with van der Waals surface area (Å²) < 4.78 is 0. The van der Waals surface area contributed by atoms with Crippen molar-refractivity contribution < 1.29 is 4.79 Å². The molecule has 72 valence electrons. The summed E-state index contributed by atoms with van der Waals surface area (Å²) in [5.74, 6) is 0.160. The van der Waals surface area contributed by atoms with Crippen LogP contribution in [-0.4, -0.2) is 5.78 Å². The van der Waals surface area contributed by atoms with Crippen molar-refractivity contribution in [1.82, 2.24) is 0 Å². The van der Waals surface area contributed by atoms with Crippen molar-refractivity contribution in [1.29, 1.82) is 0 Å². The molecule has 0 aliphatic heterocycles. The first kappa shape index (κ1) is 8.42. The van der Waals surface area contributed by atoms with Gasteiger partial charge in [-0.15, -0.1) is 0 Å². The lowest BCUT2D eigenvalue weighted by molar-refractivity contribution is 0.103. The third-order valence-corrected chi connectivity index (χ3v) is 2.86. The predicted octanol–water partition coefficient (Wildman–Crippen LogP) is 3.15. The summed E-state index contributed by atoms with van der Waals surface area (Å²) in [6.07, 6.45) is 8.93. The van der Waals surface area contributed by atoms with Gasteiger partial charge in [-0.25, -0.2) is 0 Å². The molecule has 0 bridgehead atoms. The third kappa shape index (κ3) is 1.20. The molecule has 0 heterocycles. The highest BCUT2D eigenvalue weighted by atomic mass is 16.1. The molecule has 1 heteroatoms. The van der Waals surface area contributed by atoms with Crippen molar-refractivity contribution in [3.8, 4) is 0 Å². The number of hydrogen-bond acceptors (Lipinski definition) is 1. The lowest BCUT2D eigenvalue weighted by atomic mass is 9.83. The van der Waals surface area contributed by atoms with Gasteiger partial charge in [-0.3, -0.25) is 4.79 Å². The van der Waals surface area contributed by atoms with E-state index < -0.39 is 0 Å². The highest BCUT2D eigenvalue weighted by Crippen LogP contribution is 2.31. The van der Waals surface area contributed by atoms with Crippen LogP contribution < -0.4 is 0 Å². The largest absolute Gasteiger partial charge is 0.289 e. The van der Waals surface area contributed by atoms with Gasteiger partial charge in [-0.05, 0) is 23.6 Å². The van der Waals surface area contributed by atoms with Crippen LogP contribution in [0, 0.1) is 0 Å². The van der Waals surface area contributed by atoms with Crippen LogP contribution in [0.5, 0.6) is 0 Å². The number of allylic oxidation sites excluding steroid dienone is 5. The number of carbonyl (C=O) groups excluding carboxylic acids is 1. The van der Waals surface area contributed by atoms with E-state index in [1.807, 2.05) is 36.4 Å². The number of carbonyl (C=O) groups is 1. The quantitative estimate of drug-likeness (QED) is 0.620. The maximum Gasteiger partial charge on any atom is 0.193 e. The molecule has 15 heavy (non-hydrogen) atoms. The average molecular weight is 194 g/mol. The highest BCUT2D eigenvalue weighted by Gasteiger charge is 2.23. The summed E-state index contributed by atoms with van der Waals surface area (Å²) in [6, 6.07) is 7.77. The van der Waals surface area contributed by atoms with Gasteiger partial charge in [0.05, 0.1) is 0 Å². The first-order valence-electron chi connectivity index (χ1n) is 5.08. The first-order chi connectivity index (χ1) is 7.36. The predicted molar refractivity (Wildman–Crippen MR) is 60.6 cm³/mol. The molecule has 3 rings (SSSR count). The topological polar surface area (TPSA) is 17.1 Å². The normalized spacial score (nSPS) is 17.7. The number of benzene rings is 1. The van der Waals surface area contributed by atoms with Crippen LogP contribution >= 0.6 is 0 Å². The molecule has 0 N–H and O–H groups in total. The average Bonchev–Trinajstić information content (AvgIpc) is 2.30. The zero-order valence-electron chi connectivity index (χ0n) is 8.23. The zero-order chi connectivity index (χ0) is 10.3. The van der Waals surface area contributed by atoms with Crippen molar-refractivity contribution >= 4 is 11.9 Å². The summed E-state index contributed by atoms with van der Waals surface area (Å²) in [4.78, 5) is 12.1. The zero-order valence-corrected chi connectivity index (χ0v) is 8.23. The molecule has 0 saturated heterocycles. The summed E-state index contributed by atoms with van der Waals surface area (Å²) in [7, 11) is 0. The Morgan fingerprint density at radius 3 is 2.93 bits per heavy atom. The van der Waals surface area contributed by atoms with E-state index in [1.54, 1.807) is 0 Å². The van der Waals surface area contributed by atoms with Crippen molar-refractivity contribution in [2.45, 2.75) is 6.42 Å². The van der Waals surface area contributed by atoms with Gasteiger partial charge in [-0.1, -0.05) is 42.5 Å². The fourth-order valence-electron chi connectivity index (χ4n) is 2.10. The van der Waals surface area contributed by atoms with Gasteiger partial charge in [0.1, 0.15) is 0 Å². The van der Waals surface area contributed by atoms with E-state index in [-0.39, 0.29) is 5.78 Å². The smallest absolute Gasteiger partial charge is 0.193 e. The number of hydrogen-bond donors (Lipinski definition) is 0. The molecule has 0 aromatic heterocycles. The van der Waals surface area contributed by atoms with Gasteiger partial charge >= 0.3 is 0 Å². The van der Waals surface area contributed by atoms with Gasteiger partial charge in [0.15, 0.2) is 5.78 Å². The van der Waals surface area contributed by atoms with Gasteiger partial charge < -0.3 is 0 Å². The van der Waals surface area contributed by atoms with Gasteiger partial charge in [-0.2, -0.15) is 0 Å². The molecule has 1 nitrogen and oxygen atoms in total. The number of Topliss-reactive ketones (excluding diaryl/α,β-unsaturated/α-hetero) is 1. The molecule has 0 saturated carbocycles. The van der Waals surface area contributed by atoms with Crippen LogP contribution in [0.4, 0.5) is 0 Å². The van der Waals surface area contributed by atoms with Crippen LogP contribution in [0.15, 0.2) is 53.6 Å². The second-order valence-corrected chi connectivity index (χ2v) is 3.80. The van der Waals surface area contributed by atoms with Crippen molar-refractivity contribution in [2.75, 3.05) is 0 Å². The van der Waals surface area contributed by atoms with Crippen LogP contribution in [0.3, 0.4) is 0 Å². The van der Waals surface area contributed by atoms with E-state index >= 15 is 0 Å². The van der Waals surface area contributed by atoms with Crippen molar-refractivity contribution in [3.63, 3.8) is 0 Å². The Labute approximate surface area is 88.4 Å². The van der Waals surface area contributed by atoms with E-state index in [0.29, 0.717) is 0 Å². The molecule has 0 radical (unpaired) electrons. The Bertz CT molecular complexity index is 530. The molecule has 0 atom stereocenters.